The summed E-state index contributed by atoms with van der Waals surface area (Å²) in [6.45, 7) is -1.68. The molecule has 1 aromatic carbocycles. The van der Waals surface area contributed by atoms with Crippen LogP contribution in [0.1, 0.15) is 18.4 Å². The molecule has 1 aromatic rings. The van der Waals surface area contributed by atoms with Gasteiger partial charge in [0.1, 0.15) is 5.75 Å². The third-order valence-electron chi connectivity index (χ3n) is 3.70. The van der Waals surface area contributed by atoms with Gasteiger partial charge in [-0.05, 0) is 24.8 Å². The number of benzene rings is 1. The Morgan fingerprint density at radius 1 is 1.30 bits per heavy atom. The second kappa shape index (κ2) is 6.89. The molecule has 1 fully saturated rings. The van der Waals surface area contributed by atoms with Crippen LogP contribution in [-0.2, 0) is 6.54 Å². The van der Waals surface area contributed by atoms with Crippen molar-refractivity contribution >= 4 is 5.96 Å². The first-order valence-electron chi connectivity index (χ1n) is 7.47. The van der Waals surface area contributed by atoms with Gasteiger partial charge in [-0.25, -0.2) is 0 Å². The molecule has 126 valence electrons. The van der Waals surface area contributed by atoms with E-state index in [0.717, 1.165) is 6.54 Å². The zero-order chi connectivity index (χ0) is 16.2. The number of nitrogens with zero attached hydrogens (tertiary/aromatic N) is 1. The molecule has 1 aliphatic heterocycles. The summed E-state index contributed by atoms with van der Waals surface area (Å²) in [6.07, 6.45) is 2.47. The Labute approximate surface area is 132 Å². The summed E-state index contributed by atoms with van der Waals surface area (Å²) in [6, 6.07) is 3.06. The van der Waals surface area contributed by atoms with Crippen LogP contribution in [0.15, 0.2) is 17.1 Å². The van der Waals surface area contributed by atoms with Gasteiger partial charge in [-0.15, -0.1) is 0 Å². The van der Waals surface area contributed by atoms with Gasteiger partial charge in [-0.3, -0.25) is 4.99 Å². The van der Waals surface area contributed by atoms with Gasteiger partial charge < -0.3 is 24.8 Å². The van der Waals surface area contributed by atoms with Crippen LogP contribution in [0.4, 0.5) is 8.78 Å². The number of halogens is 2. The molecule has 0 unspecified atom stereocenters. The third kappa shape index (κ3) is 4.14. The predicted octanol–water partition coefficient (Wildman–Crippen LogP) is 2.09. The zero-order valence-electron chi connectivity index (χ0n) is 12.8. The number of nitrogens with one attached hydrogen (secondary N) is 2. The minimum atomic E-state index is -2.90. The Morgan fingerprint density at radius 2 is 2.04 bits per heavy atom. The van der Waals surface area contributed by atoms with E-state index in [1.165, 1.54) is 18.9 Å². The number of hydrogen-bond donors (Lipinski definition) is 2. The van der Waals surface area contributed by atoms with E-state index in [9.17, 15) is 8.78 Å². The van der Waals surface area contributed by atoms with Gasteiger partial charge in [0.2, 0.25) is 6.79 Å². The maximum Gasteiger partial charge on any atom is 0.387 e. The molecule has 0 saturated heterocycles. The number of ether oxygens (including phenoxy) is 3. The largest absolute Gasteiger partial charge is 0.454 e. The molecule has 0 amide bonds. The summed E-state index contributed by atoms with van der Waals surface area (Å²) >= 11 is 0. The molecule has 1 aliphatic carbocycles. The quantitative estimate of drug-likeness (QED) is 0.619. The number of aliphatic imine (C=N–C) groups is 1. The van der Waals surface area contributed by atoms with Crippen molar-refractivity contribution in [1.82, 2.24) is 10.6 Å². The Balaban J connectivity index is 1.67. The molecule has 3 rings (SSSR count). The standard InChI is InChI=1S/C15H19F2N3O3/c1-18-15(19-6-9-2-3-9)20-7-10-4-12-13(22-8-21-12)5-11(10)23-14(16)17/h4-5,9,14H,2-3,6-8H2,1H3,(H2,18,19,20). The molecule has 23 heavy (non-hydrogen) atoms. The fourth-order valence-electron chi connectivity index (χ4n) is 2.27. The van der Waals surface area contributed by atoms with Gasteiger partial charge >= 0.3 is 6.61 Å². The van der Waals surface area contributed by atoms with Crippen LogP contribution in [-0.4, -0.2) is 33.0 Å². The number of alkyl halides is 2. The Hall–Kier alpha value is -2.25. The lowest BCUT2D eigenvalue weighted by Crippen LogP contribution is -2.37. The van der Waals surface area contributed by atoms with Gasteiger partial charge in [0, 0.05) is 31.8 Å². The molecule has 0 atom stereocenters. The fraction of sp³-hybridized carbons (Fsp3) is 0.533. The van der Waals surface area contributed by atoms with Crippen molar-refractivity contribution in [1.29, 1.82) is 0 Å². The SMILES string of the molecule is CN=C(NCc1cc2c(cc1OC(F)F)OCO2)NCC1CC1. The van der Waals surface area contributed by atoms with Crippen molar-refractivity contribution in [2.45, 2.75) is 26.0 Å². The lowest BCUT2D eigenvalue weighted by Gasteiger charge is -2.15. The fourth-order valence-corrected chi connectivity index (χ4v) is 2.27. The highest BCUT2D eigenvalue weighted by Crippen LogP contribution is 2.38. The molecular weight excluding hydrogens is 308 g/mol. The highest BCUT2D eigenvalue weighted by Gasteiger charge is 2.22. The molecule has 8 heteroatoms. The average Bonchev–Trinajstić information content (AvgIpc) is 3.24. The van der Waals surface area contributed by atoms with Gasteiger partial charge in [-0.2, -0.15) is 8.78 Å². The number of guanidine groups is 1. The maximum atomic E-state index is 12.6. The van der Waals surface area contributed by atoms with Gasteiger partial charge in [0.15, 0.2) is 17.5 Å². The minimum Gasteiger partial charge on any atom is -0.454 e. The summed E-state index contributed by atoms with van der Waals surface area (Å²) in [7, 11) is 1.67. The van der Waals surface area contributed by atoms with E-state index in [1.807, 2.05) is 0 Å². The van der Waals surface area contributed by atoms with Crippen molar-refractivity contribution in [3.63, 3.8) is 0 Å². The average molecular weight is 327 g/mol. The number of fused-ring (bicyclic) bond motifs is 1. The van der Waals surface area contributed by atoms with E-state index in [1.54, 1.807) is 13.1 Å². The summed E-state index contributed by atoms with van der Waals surface area (Å²) in [5.41, 5.74) is 0.545. The first-order valence-corrected chi connectivity index (χ1v) is 7.47. The Morgan fingerprint density at radius 3 is 2.70 bits per heavy atom. The van der Waals surface area contributed by atoms with Crippen molar-refractivity contribution in [2.75, 3.05) is 20.4 Å². The smallest absolute Gasteiger partial charge is 0.387 e. The van der Waals surface area contributed by atoms with Gasteiger partial charge in [0.25, 0.3) is 0 Å². The Kier molecular flexibility index (Phi) is 4.68. The van der Waals surface area contributed by atoms with E-state index in [4.69, 9.17) is 9.47 Å². The first kappa shape index (κ1) is 15.6. The van der Waals surface area contributed by atoms with Gasteiger partial charge in [-0.1, -0.05) is 0 Å². The lowest BCUT2D eigenvalue weighted by molar-refractivity contribution is -0.0505. The molecule has 0 radical (unpaired) electrons. The minimum absolute atomic E-state index is 0.0643. The van der Waals surface area contributed by atoms with E-state index < -0.39 is 6.61 Å². The molecule has 0 bridgehead atoms. The predicted molar refractivity (Wildman–Crippen MR) is 80.1 cm³/mol. The van der Waals surface area contributed by atoms with Crippen molar-refractivity contribution in [3.8, 4) is 17.2 Å². The van der Waals surface area contributed by atoms with Crippen molar-refractivity contribution in [3.05, 3.63) is 17.7 Å². The number of rotatable bonds is 6. The molecule has 0 aromatic heterocycles. The van der Waals surface area contributed by atoms with Crippen molar-refractivity contribution < 1.29 is 23.0 Å². The first-order chi connectivity index (χ1) is 11.2. The zero-order valence-corrected chi connectivity index (χ0v) is 12.8. The normalized spacial score (nSPS) is 16.6. The van der Waals surface area contributed by atoms with E-state index in [2.05, 4.69) is 20.4 Å². The number of hydrogen-bond acceptors (Lipinski definition) is 4. The summed E-state index contributed by atoms with van der Waals surface area (Å²) in [5.74, 6) is 2.31. The lowest BCUT2D eigenvalue weighted by atomic mass is 10.1. The molecule has 2 aliphatic rings. The molecular formula is C15H19F2N3O3. The van der Waals surface area contributed by atoms with Crippen LogP contribution in [0.25, 0.3) is 0 Å². The van der Waals surface area contributed by atoms with E-state index in [-0.39, 0.29) is 19.1 Å². The molecule has 6 nitrogen and oxygen atoms in total. The second-order valence-electron chi connectivity index (χ2n) is 5.44. The molecule has 1 saturated carbocycles. The molecule has 2 N–H and O–H groups in total. The van der Waals surface area contributed by atoms with Crippen LogP contribution in [0.3, 0.4) is 0 Å². The highest BCUT2D eigenvalue weighted by molar-refractivity contribution is 5.79. The van der Waals surface area contributed by atoms with Crippen LogP contribution >= 0.6 is 0 Å². The molecule has 1 heterocycles. The van der Waals surface area contributed by atoms with Crippen LogP contribution in [0.2, 0.25) is 0 Å². The maximum absolute atomic E-state index is 12.6. The second-order valence-corrected chi connectivity index (χ2v) is 5.44. The van der Waals surface area contributed by atoms with Gasteiger partial charge in [0.05, 0.1) is 0 Å². The molecule has 0 spiro atoms. The van der Waals surface area contributed by atoms with Crippen LogP contribution < -0.4 is 24.8 Å². The summed E-state index contributed by atoms with van der Waals surface area (Å²) < 4.78 is 40.2. The van der Waals surface area contributed by atoms with Crippen LogP contribution in [0, 0.1) is 5.92 Å². The summed E-state index contributed by atoms with van der Waals surface area (Å²) in [5, 5.41) is 6.30. The van der Waals surface area contributed by atoms with E-state index >= 15 is 0 Å². The van der Waals surface area contributed by atoms with Crippen molar-refractivity contribution in [2.24, 2.45) is 10.9 Å². The highest BCUT2D eigenvalue weighted by atomic mass is 19.3. The topological polar surface area (TPSA) is 64.1 Å². The Bertz CT molecular complexity index is 592. The summed E-state index contributed by atoms with van der Waals surface area (Å²) in [4.78, 5) is 4.12. The van der Waals surface area contributed by atoms with E-state index in [0.29, 0.717) is 28.9 Å². The third-order valence-corrected chi connectivity index (χ3v) is 3.70. The van der Waals surface area contributed by atoms with Crippen LogP contribution in [0.5, 0.6) is 17.2 Å². The monoisotopic (exact) mass is 327 g/mol.